The van der Waals surface area contributed by atoms with E-state index < -0.39 is 0 Å². The highest BCUT2D eigenvalue weighted by Gasteiger charge is 2.22. The monoisotopic (exact) mass is 221 g/mol. The van der Waals surface area contributed by atoms with Crippen LogP contribution in [0.5, 0.6) is 5.75 Å². The first-order valence-corrected chi connectivity index (χ1v) is 5.71. The molecule has 16 heavy (non-hydrogen) atoms. The normalized spacial score (nSPS) is 16.1. The lowest BCUT2D eigenvalue weighted by atomic mass is 10.0. The Bertz CT molecular complexity index is 388. The Hall–Kier alpha value is -1.22. The summed E-state index contributed by atoms with van der Waals surface area (Å²) in [6, 6.07) is 4.19. The van der Waals surface area contributed by atoms with Gasteiger partial charge in [-0.25, -0.2) is 0 Å². The number of hydrogen-bond donors (Lipinski definition) is 1. The van der Waals surface area contributed by atoms with Crippen molar-refractivity contribution in [3.63, 3.8) is 0 Å². The third kappa shape index (κ3) is 1.87. The number of likely N-dealkylation sites (N-methyl/N-ethyl adjacent to an activating group) is 1. The molecule has 0 aliphatic carbocycles. The zero-order valence-corrected chi connectivity index (χ0v) is 10.2. The smallest absolute Gasteiger partial charge is 0.127 e. The van der Waals surface area contributed by atoms with Crippen LogP contribution < -0.4 is 9.64 Å². The van der Waals surface area contributed by atoms with Crippen molar-refractivity contribution in [3.8, 4) is 5.75 Å². The summed E-state index contributed by atoms with van der Waals surface area (Å²) in [5, 5.41) is 9.46. The molecule has 0 bridgehead atoms. The van der Waals surface area contributed by atoms with E-state index in [0.29, 0.717) is 6.42 Å². The van der Waals surface area contributed by atoms with E-state index in [2.05, 4.69) is 24.1 Å². The molecule has 0 saturated heterocycles. The van der Waals surface area contributed by atoms with Gasteiger partial charge in [0.1, 0.15) is 5.75 Å². The second-order valence-corrected chi connectivity index (χ2v) is 4.48. The zero-order chi connectivity index (χ0) is 11.7. The third-order valence-corrected chi connectivity index (χ3v) is 3.15. The van der Waals surface area contributed by atoms with Gasteiger partial charge in [0, 0.05) is 31.3 Å². The van der Waals surface area contributed by atoms with Crippen molar-refractivity contribution in [1.82, 2.24) is 0 Å². The first kappa shape index (κ1) is 11.3. The second-order valence-electron chi connectivity index (χ2n) is 4.48. The van der Waals surface area contributed by atoms with Crippen molar-refractivity contribution < 1.29 is 9.84 Å². The van der Waals surface area contributed by atoms with Crippen LogP contribution in [0.15, 0.2) is 12.1 Å². The quantitative estimate of drug-likeness (QED) is 0.841. The lowest BCUT2D eigenvalue weighted by molar-refractivity contribution is 0.194. The van der Waals surface area contributed by atoms with Crippen molar-refractivity contribution in [2.24, 2.45) is 0 Å². The van der Waals surface area contributed by atoms with E-state index in [1.165, 1.54) is 11.3 Å². The van der Waals surface area contributed by atoms with Crippen LogP contribution >= 0.6 is 0 Å². The van der Waals surface area contributed by atoms with E-state index in [-0.39, 0.29) is 6.10 Å². The first-order valence-electron chi connectivity index (χ1n) is 5.71. The molecular weight excluding hydrogens is 202 g/mol. The minimum absolute atomic E-state index is 0.328. The minimum atomic E-state index is -0.328. The molecule has 3 heteroatoms. The fraction of sp³-hybridized carbons (Fsp3) is 0.538. The molecule has 1 unspecified atom stereocenters. The van der Waals surface area contributed by atoms with E-state index >= 15 is 0 Å². The summed E-state index contributed by atoms with van der Waals surface area (Å²) in [6.07, 6.45) is 1.36. The lowest BCUT2D eigenvalue weighted by Crippen LogP contribution is -2.12. The van der Waals surface area contributed by atoms with Crippen molar-refractivity contribution in [3.05, 3.63) is 23.3 Å². The van der Waals surface area contributed by atoms with E-state index in [1.807, 2.05) is 0 Å². The molecule has 1 atom stereocenters. The fourth-order valence-electron chi connectivity index (χ4n) is 2.40. The summed E-state index contributed by atoms with van der Waals surface area (Å²) in [5.41, 5.74) is 3.64. The van der Waals surface area contributed by atoms with Gasteiger partial charge in [0.2, 0.25) is 0 Å². The summed E-state index contributed by atoms with van der Waals surface area (Å²) < 4.78 is 5.50. The number of aliphatic hydroxyl groups excluding tert-OH is 1. The number of fused-ring (bicyclic) bond motifs is 1. The molecule has 0 saturated carbocycles. The van der Waals surface area contributed by atoms with E-state index in [9.17, 15) is 5.11 Å². The Morgan fingerprint density at radius 1 is 1.50 bits per heavy atom. The van der Waals surface area contributed by atoms with Crippen LogP contribution in [0, 0.1) is 0 Å². The molecule has 1 N–H and O–H groups in total. The maximum atomic E-state index is 9.46. The predicted octanol–water partition coefficient (Wildman–Crippen LogP) is 1.61. The number of hydrogen-bond acceptors (Lipinski definition) is 3. The summed E-state index contributed by atoms with van der Waals surface area (Å²) in [4.78, 5) is 2.24. The molecule has 2 rings (SSSR count). The van der Waals surface area contributed by atoms with Crippen LogP contribution in [-0.2, 0) is 12.8 Å². The van der Waals surface area contributed by atoms with Crippen LogP contribution in [0.2, 0.25) is 0 Å². The average Bonchev–Trinajstić information content (AvgIpc) is 2.59. The van der Waals surface area contributed by atoms with Gasteiger partial charge >= 0.3 is 0 Å². The molecule has 0 radical (unpaired) electrons. The third-order valence-electron chi connectivity index (χ3n) is 3.15. The molecule has 1 aliphatic heterocycles. The molecule has 1 heterocycles. The number of ether oxygens (including phenoxy) is 1. The predicted molar refractivity (Wildman–Crippen MR) is 65.4 cm³/mol. The van der Waals surface area contributed by atoms with Crippen LogP contribution in [0.4, 0.5) is 5.69 Å². The van der Waals surface area contributed by atoms with Crippen molar-refractivity contribution in [1.29, 1.82) is 0 Å². The van der Waals surface area contributed by atoms with Gasteiger partial charge in [0.25, 0.3) is 0 Å². The highest BCUT2D eigenvalue weighted by Crippen LogP contribution is 2.37. The number of aliphatic hydroxyl groups is 1. The number of nitrogens with zero attached hydrogens (tertiary/aromatic N) is 1. The van der Waals surface area contributed by atoms with Crippen LogP contribution in [0.1, 0.15) is 18.1 Å². The van der Waals surface area contributed by atoms with E-state index in [1.54, 1.807) is 14.0 Å². The van der Waals surface area contributed by atoms with Crippen LogP contribution in [0.3, 0.4) is 0 Å². The fourth-order valence-corrected chi connectivity index (χ4v) is 2.40. The summed E-state index contributed by atoms with van der Waals surface area (Å²) in [6.45, 7) is 2.85. The number of rotatable bonds is 3. The summed E-state index contributed by atoms with van der Waals surface area (Å²) in [5.74, 6) is 0.961. The summed E-state index contributed by atoms with van der Waals surface area (Å²) >= 11 is 0. The topological polar surface area (TPSA) is 32.7 Å². The highest BCUT2D eigenvalue weighted by molar-refractivity contribution is 5.65. The molecule has 1 aromatic carbocycles. The average molecular weight is 221 g/mol. The zero-order valence-electron chi connectivity index (χ0n) is 10.2. The molecule has 0 aromatic heterocycles. The molecular formula is C13H19NO2. The molecule has 0 spiro atoms. The summed E-state index contributed by atoms with van der Waals surface area (Å²) in [7, 11) is 3.80. The first-order chi connectivity index (χ1) is 7.63. The SMILES string of the molecule is COc1c(CC(C)O)ccc2c1CCN2C. The number of methoxy groups -OCH3 is 1. The Balaban J connectivity index is 2.42. The second kappa shape index (κ2) is 4.34. The van der Waals surface area contributed by atoms with Gasteiger partial charge in [-0.05, 0) is 25.0 Å². The van der Waals surface area contributed by atoms with E-state index in [4.69, 9.17) is 4.74 Å². The lowest BCUT2D eigenvalue weighted by Gasteiger charge is -2.16. The van der Waals surface area contributed by atoms with Crippen molar-refractivity contribution in [2.45, 2.75) is 25.9 Å². The molecule has 3 nitrogen and oxygen atoms in total. The van der Waals surface area contributed by atoms with Gasteiger partial charge in [0.05, 0.1) is 13.2 Å². The standard InChI is InChI=1S/C13H19NO2/c1-9(15)8-10-4-5-12-11(13(10)16-3)6-7-14(12)2/h4-5,9,15H,6-8H2,1-3H3. The van der Waals surface area contributed by atoms with Gasteiger partial charge in [-0.3, -0.25) is 0 Å². The highest BCUT2D eigenvalue weighted by atomic mass is 16.5. The van der Waals surface area contributed by atoms with Crippen LogP contribution in [-0.4, -0.2) is 31.9 Å². The van der Waals surface area contributed by atoms with Gasteiger partial charge < -0.3 is 14.7 Å². The Kier molecular flexibility index (Phi) is 3.06. The van der Waals surface area contributed by atoms with Crippen molar-refractivity contribution in [2.75, 3.05) is 25.6 Å². The molecule has 1 aromatic rings. The Morgan fingerprint density at radius 2 is 2.25 bits per heavy atom. The maximum absolute atomic E-state index is 9.46. The van der Waals surface area contributed by atoms with E-state index in [0.717, 1.165) is 24.3 Å². The van der Waals surface area contributed by atoms with Crippen LogP contribution in [0.25, 0.3) is 0 Å². The van der Waals surface area contributed by atoms with Gasteiger partial charge in [-0.2, -0.15) is 0 Å². The largest absolute Gasteiger partial charge is 0.496 e. The van der Waals surface area contributed by atoms with Gasteiger partial charge in [0.15, 0.2) is 0 Å². The number of benzene rings is 1. The van der Waals surface area contributed by atoms with Gasteiger partial charge in [-0.1, -0.05) is 6.07 Å². The molecule has 0 fully saturated rings. The van der Waals surface area contributed by atoms with Gasteiger partial charge in [-0.15, -0.1) is 0 Å². The van der Waals surface area contributed by atoms with Crippen molar-refractivity contribution >= 4 is 5.69 Å². The Labute approximate surface area is 96.6 Å². The number of anilines is 1. The molecule has 0 amide bonds. The molecule has 88 valence electrons. The minimum Gasteiger partial charge on any atom is -0.496 e. The molecule has 1 aliphatic rings. The Morgan fingerprint density at radius 3 is 2.88 bits per heavy atom. The maximum Gasteiger partial charge on any atom is 0.127 e.